The molecule has 2 aromatic carbocycles. The number of ether oxygens (including phenoxy) is 1. The first-order valence-corrected chi connectivity index (χ1v) is 5.91. The minimum absolute atomic E-state index is 0.129. The molecular weight excluding hydrogens is 226 g/mol. The van der Waals surface area contributed by atoms with Gasteiger partial charge in [-0.25, -0.2) is 0 Å². The first kappa shape index (κ1) is 10.8. The highest BCUT2D eigenvalue weighted by Gasteiger charge is 2.19. The van der Waals surface area contributed by atoms with E-state index in [4.69, 9.17) is 10.5 Å². The van der Waals surface area contributed by atoms with Gasteiger partial charge in [-0.3, -0.25) is 4.79 Å². The quantitative estimate of drug-likeness (QED) is 0.647. The van der Waals surface area contributed by atoms with Crippen LogP contribution in [0.3, 0.4) is 0 Å². The van der Waals surface area contributed by atoms with Crippen LogP contribution in [-0.2, 0) is 4.74 Å². The van der Waals surface area contributed by atoms with Gasteiger partial charge in [0.1, 0.15) is 0 Å². The lowest BCUT2D eigenvalue weighted by molar-refractivity contribution is 0.0943. The standard InChI is InChI=1S/C15H13NO2/c16-13-9-11-5-2-1-4-10(11)8-12(13)15(17)14-6-3-7-18-14/h1-2,4-6,8-9H,3,7,16H2. The molecular formula is C15H13NO2. The van der Waals surface area contributed by atoms with Crippen molar-refractivity contribution in [2.24, 2.45) is 0 Å². The van der Waals surface area contributed by atoms with E-state index in [0.717, 1.165) is 17.2 Å². The predicted molar refractivity (Wildman–Crippen MR) is 71.3 cm³/mol. The molecule has 2 N–H and O–H groups in total. The van der Waals surface area contributed by atoms with E-state index in [9.17, 15) is 4.79 Å². The van der Waals surface area contributed by atoms with Crippen molar-refractivity contribution < 1.29 is 9.53 Å². The van der Waals surface area contributed by atoms with Gasteiger partial charge in [0.25, 0.3) is 0 Å². The molecule has 0 amide bonds. The summed E-state index contributed by atoms with van der Waals surface area (Å²) in [6.07, 6.45) is 2.60. The van der Waals surface area contributed by atoms with Crippen molar-refractivity contribution in [3.05, 3.63) is 53.8 Å². The molecule has 3 heteroatoms. The number of fused-ring (bicyclic) bond motifs is 1. The van der Waals surface area contributed by atoms with Gasteiger partial charge in [-0.1, -0.05) is 24.3 Å². The van der Waals surface area contributed by atoms with Crippen molar-refractivity contribution >= 4 is 22.2 Å². The molecule has 0 radical (unpaired) electrons. The second kappa shape index (κ2) is 4.18. The van der Waals surface area contributed by atoms with E-state index >= 15 is 0 Å². The molecule has 3 nitrogen and oxygen atoms in total. The molecule has 0 fully saturated rings. The number of rotatable bonds is 2. The molecule has 3 rings (SSSR count). The molecule has 0 atom stereocenters. The molecule has 0 saturated carbocycles. The van der Waals surface area contributed by atoms with Crippen LogP contribution in [0.2, 0.25) is 0 Å². The van der Waals surface area contributed by atoms with Crippen molar-refractivity contribution in [3.8, 4) is 0 Å². The predicted octanol–water partition coefficient (Wildman–Crippen LogP) is 2.91. The number of allylic oxidation sites excluding steroid dienone is 1. The van der Waals surface area contributed by atoms with Gasteiger partial charge in [-0.15, -0.1) is 0 Å². The summed E-state index contributed by atoms with van der Waals surface area (Å²) >= 11 is 0. The zero-order valence-corrected chi connectivity index (χ0v) is 9.85. The second-order valence-electron chi connectivity index (χ2n) is 4.32. The molecule has 0 saturated heterocycles. The summed E-state index contributed by atoms with van der Waals surface area (Å²) in [7, 11) is 0. The topological polar surface area (TPSA) is 52.3 Å². The van der Waals surface area contributed by atoms with Crippen LogP contribution in [0.1, 0.15) is 16.8 Å². The maximum Gasteiger partial charge on any atom is 0.229 e. The molecule has 1 aliphatic heterocycles. The number of carbonyl (C=O) groups is 1. The average molecular weight is 239 g/mol. The molecule has 0 aliphatic carbocycles. The molecule has 1 heterocycles. The molecule has 90 valence electrons. The van der Waals surface area contributed by atoms with Crippen LogP contribution in [0.15, 0.2) is 48.2 Å². The number of ketones is 1. The number of hydrogen-bond acceptors (Lipinski definition) is 3. The van der Waals surface area contributed by atoms with Crippen LogP contribution in [0.4, 0.5) is 5.69 Å². The molecule has 18 heavy (non-hydrogen) atoms. The number of nitrogen functional groups attached to an aromatic ring is 1. The number of nitrogens with two attached hydrogens (primary N) is 1. The monoisotopic (exact) mass is 239 g/mol. The largest absolute Gasteiger partial charge is 0.489 e. The van der Waals surface area contributed by atoms with Crippen molar-refractivity contribution in [1.29, 1.82) is 0 Å². The smallest absolute Gasteiger partial charge is 0.229 e. The fourth-order valence-corrected chi connectivity index (χ4v) is 2.16. The van der Waals surface area contributed by atoms with E-state index in [2.05, 4.69) is 0 Å². The molecule has 2 aromatic rings. The highest BCUT2D eigenvalue weighted by atomic mass is 16.5. The molecule has 0 aromatic heterocycles. The Morgan fingerprint density at radius 3 is 2.56 bits per heavy atom. The highest BCUT2D eigenvalue weighted by Crippen LogP contribution is 2.25. The summed E-state index contributed by atoms with van der Waals surface area (Å²) in [6.45, 7) is 0.578. The summed E-state index contributed by atoms with van der Waals surface area (Å²) in [5.74, 6) is 0.285. The fourth-order valence-electron chi connectivity index (χ4n) is 2.16. The summed E-state index contributed by atoms with van der Waals surface area (Å²) in [5, 5.41) is 2.04. The first-order chi connectivity index (χ1) is 8.75. The fraction of sp³-hybridized carbons (Fsp3) is 0.133. The summed E-state index contributed by atoms with van der Waals surface area (Å²) in [5.41, 5.74) is 6.96. The van der Waals surface area contributed by atoms with E-state index in [1.54, 1.807) is 0 Å². The van der Waals surface area contributed by atoms with Crippen LogP contribution >= 0.6 is 0 Å². The number of Topliss-reactive ketones (excluding diaryl/α,β-unsaturated/α-hetero) is 1. The Morgan fingerprint density at radius 2 is 1.89 bits per heavy atom. The van der Waals surface area contributed by atoms with Gasteiger partial charge in [0.15, 0.2) is 5.76 Å². The number of hydrogen-bond donors (Lipinski definition) is 1. The zero-order chi connectivity index (χ0) is 12.5. The lowest BCUT2D eigenvalue weighted by Crippen LogP contribution is -2.07. The van der Waals surface area contributed by atoms with Crippen LogP contribution in [0, 0.1) is 0 Å². The maximum atomic E-state index is 12.2. The van der Waals surface area contributed by atoms with Gasteiger partial charge in [-0.05, 0) is 29.0 Å². The van der Waals surface area contributed by atoms with E-state index in [1.165, 1.54) is 0 Å². The SMILES string of the molecule is Nc1cc2ccccc2cc1C(=O)C1=CCCO1. The van der Waals surface area contributed by atoms with Crippen LogP contribution in [0.25, 0.3) is 10.8 Å². The lowest BCUT2D eigenvalue weighted by atomic mass is 10.0. The van der Waals surface area contributed by atoms with Gasteiger partial charge in [0.05, 0.1) is 6.61 Å². The first-order valence-electron chi connectivity index (χ1n) is 5.91. The molecule has 1 aliphatic rings. The van der Waals surface area contributed by atoms with Gasteiger partial charge in [0, 0.05) is 17.7 Å². The van der Waals surface area contributed by atoms with Gasteiger partial charge >= 0.3 is 0 Å². The van der Waals surface area contributed by atoms with E-state index in [0.29, 0.717) is 23.6 Å². The second-order valence-corrected chi connectivity index (χ2v) is 4.32. The average Bonchev–Trinajstić information content (AvgIpc) is 2.91. The Labute approximate surface area is 105 Å². The van der Waals surface area contributed by atoms with Gasteiger partial charge < -0.3 is 10.5 Å². The molecule has 0 spiro atoms. The Bertz CT molecular complexity index is 659. The number of carbonyl (C=O) groups excluding carboxylic acids is 1. The minimum Gasteiger partial charge on any atom is -0.489 e. The lowest BCUT2D eigenvalue weighted by Gasteiger charge is -2.08. The van der Waals surface area contributed by atoms with Crippen molar-refractivity contribution in [2.75, 3.05) is 12.3 Å². The summed E-state index contributed by atoms with van der Waals surface area (Å²) in [4.78, 5) is 12.2. The highest BCUT2D eigenvalue weighted by molar-refractivity contribution is 6.13. The van der Waals surface area contributed by atoms with Crippen LogP contribution < -0.4 is 5.73 Å². The summed E-state index contributed by atoms with van der Waals surface area (Å²) < 4.78 is 5.29. The molecule has 0 unspecified atom stereocenters. The third-order valence-corrected chi connectivity index (χ3v) is 3.09. The maximum absolute atomic E-state index is 12.2. The Morgan fingerprint density at radius 1 is 1.17 bits per heavy atom. The van der Waals surface area contributed by atoms with Crippen molar-refractivity contribution in [3.63, 3.8) is 0 Å². The summed E-state index contributed by atoms with van der Waals surface area (Å²) in [6, 6.07) is 11.5. The third-order valence-electron chi connectivity index (χ3n) is 3.09. The van der Waals surface area contributed by atoms with Crippen molar-refractivity contribution in [1.82, 2.24) is 0 Å². The van der Waals surface area contributed by atoms with Crippen molar-refractivity contribution in [2.45, 2.75) is 6.42 Å². The Hall–Kier alpha value is -2.29. The molecule has 0 bridgehead atoms. The van der Waals surface area contributed by atoms with E-state index < -0.39 is 0 Å². The van der Waals surface area contributed by atoms with Crippen LogP contribution in [-0.4, -0.2) is 12.4 Å². The van der Waals surface area contributed by atoms with Crippen LogP contribution in [0.5, 0.6) is 0 Å². The third kappa shape index (κ3) is 1.74. The normalized spacial score (nSPS) is 14.3. The minimum atomic E-state index is -0.129. The van der Waals surface area contributed by atoms with Gasteiger partial charge in [-0.2, -0.15) is 0 Å². The zero-order valence-electron chi connectivity index (χ0n) is 9.85. The van der Waals surface area contributed by atoms with E-state index in [1.807, 2.05) is 42.5 Å². The number of anilines is 1. The number of benzene rings is 2. The Balaban J connectivity index is 2.11. The van der Waals surface area contributed by atoms with E-state index in [-0.39, 0.29) is 5.78 Å². The van der Waals surface area contributed by atoms with Gasteiger partial charge in [0.2, 0.25) is 5.78 Å². The Kier molecular flexibility index (Phi) is 2.52.